The van der Waals surface area contributed by atoms with Crippen LogP contribution in [-0.4, -0.2) is 12.1 Å². The lowest BCUT2D eigenvalue weighted by molar-refractivity contribution is 0.418. The molecule has 0 saturated heterocycles. The van der Waals surface area contributed by atoms with Crippen LogP contribution in [0, 0.1) is 0 Å². The van der Waals surface area contributed by atoms with Gasteiger partial charge in [-0.2, -0.15) is 0 Å². The Bertz CT molecular complexity index is 465. The van der Waals surface area contributed by atoms with Gasteiger partial charge >= 0.3 is 0 Å². The normalized spacial score (nSPS) is 10.5. The summed E-state index contributed by atoms with van der Waals surface area (Å²) in [7, 11) is 1.68. The van der Waals surface area contributed by atoms with Gasteiger partial charge in [-0.1, -0.05) is 37.6 Å². The monoisotopic (exact) mass is 201 g/mol. The van der Waals surface area contributed by atoms with Crippen molar-refractivity contribution in [1.29, 1.82) is 0 Å². The molecule has 0 bridgehead atoms. The van der Waals surface area contributed by atoms with E-state index in [4.69, 9.17) is 4.74 Å². The maximum Gasteiger partial charge on any atom is 0.144 e. The lowest BCUT2D eigenvalue weighted by Gasteiger charge is -2.08. The maximum atomic E-state index is 5.30. The topological polar surface area (TPSA) is 22.1 Å². The fourth-order valence-electron chi connectivity index (χ4n) is 1.82. The molecule has 2 aromatic rings. The first-order valence-corrected chi connectivity index (χ1v) is 5.27. The van der Waals surface area contributed by atoms with Gasteiger partial charge in [0.2, 0.25) is 0 Å². The van der Waals surface area contributed by atoms with Crippen molar-refractivity contribution in [3.05, 3.63) is 36.2 Å². The van der Waals surface area contributed by atoms with Crippen molar-refractivity contribution in [3.63, 3.8) is 0 Å². The van der Waals surface area contributed by atoms with Crippen LogP contribution in [0.4, 0.5) is 0 Å². The minimum atomic E-state index is 0.852. The van der Waals surface area contributed by atoms with Crippen LogP contribution >= 0.6 is 0 Å². The molecule has 0 aliphatic heterocycles. The number of nitrogens with zero attached hydrogens (tertiary/aromatic N) is 1. The highest BCUT2D eigenvalue weighted by molar-refractivity contribution is 5.89. The molecule has 78 valence electrons. The summed E-state index contributed by atoms with van der Waals surface area (Å²) in [4.78, 5) is 4.44. The Hall–Kier alpha value is -1.57. The van der Waals surface area contributed by atoms with Crippen LogP contribution in [0.3, 0.4) is 0 Å². The highest BCUT2D eigenvalue weighted by Gasteiger charge is 2.05. The van der Waals surface area contributed by atoms with E-state index < -0.39 is 0 Å². The number of fused-ring (bicyclic) bond motifs is 1. The molecule has 0 aliphatic carbocycles. The van der Waals surface area contributed by atoms with Gasteiger partial charge in [-0.15, -0.1) is 0 Å². The average Bonchev–Trinajstić information content (AvgIpc) is 2.30. The van der Waals surface area contributed by atoms with E-state index in [2.05, 4.69) is 24.0 Å². The average molecular weight is 201 g/mol. The van der Waals surface area contributed by atoms with E-state index in [1.807, 2.05) is 18.3 Å². The summed E-state index contributed by atoms with van der Waals surface area (Å²) in [6.45, 7) is 2.17. The van der Waals surface area contributed by atoms with Crippen molar-refractivity contribution in [2.75, 3.05) is 7.11 Å². The summed E-state index contributed by atoms with van der Waals surface area (Å²) in [5, 5.41) is 2.36. The lowest BCUT2D eigenvalue weighted by atomic mass is 10.1. The molecular formula is C13H15NO. The zero-order valence-corrected chi connectivity index (χ0v) is 9.16. The molecule has 2 rings (SSSR count). The van der Waals surface area contributed by atoms with Gasteiger partial charge in [-0.05, 0) is 6.42 Å². The van der Waals surface area contributed by atoms with E-state index in [0.29, 0.717) is 0 Å². The van der Waals surface area contributed by atoms with Gasteiger partial charge in [0.1, 0.15) is 5.75 Å². The Labute approximate surface area is 89.9 Å². The third-order valence-corrected chi connectivity index (χ3v) is 2.55. The minimum Gasteiger partial charge on any atom is -0.494 e. The van der Waals surface area contributed by atoms with Crippen LogP contribution in [0.25, 0.3) is 10.8 Å². The summed E-state index contributed by atoms with van der Waals surface area (Å²) >= 11 is 0. The molecule has 0 amide bonds. The molecule has 2 heteroatoms. The second-order valence-electron chi connectivity index (χ2n) is 3.57. The first kappa shape index (κ1) is 9.97. The molecule has 1 heterocycles. The lowest BCUT2D eigenvalue weighted by Crippen LogP contribution is -1.94. The summed E-state index contributed by atoms with van der Waals surface area (Å²) in [5.41, 5.74) is 1.16. The number of aryl methyl sites for hydroxylation is 1. The zero-order chi connectivity index (χ0) is 10.7. The van der Waals surface area contributed by atoms with Crippen LogP contribution in [0.1, 0.15) is 19.0 Å². The molecule has 2 nitrogen and oxygen atoms in total. The number of aromatic nitrogens is 1. The van der Waals surface area contributed by atoms with E-state index in [1.54, 1.807) is 7.11 Å². The number of benzene rings is 1. The van der Waals surface area contributed by atoms with E-state index in [9.17, 15) is 0 Å². The predicted molar refractivity (Wildman–Crippen MR) is 62.3 cm³/mol. The number of hydrogen-bond donors (Lipinski definition) is 0. The molecular weight excluding hydrogens is 186 g/mol. The van der Waals surface area contributed by atoms with Gasteiger partial charge in [-0.3, -0.25) is 4.98 Å². The Morgan fingerprint density at radius 1 is 1.20 bits per heavy atom. The third-order valence-electron chi connectivity index (χ3n) is 2.55. The molecule has 0 spiro atoms. The van der Waals surface area contributed by atoms with E-state index in [0.717, 1.165) is 29.7 Å². The van der Waals surface area contributed by atoms with Gasteiger partial charge in [0.15, 0.2) is 0 Å². The molecule has 1 aromatic carbocycles. The fraction of sp³-hybridized carbons (Fsp3) is 0.308. The van der Waals surface area contributed by atoms with E-state index >= 15 is 0 Å². The molecule has 0 N–H and O–H groups in total. The molecule has 0 fully saturated rings. The van der Waals surface area contributed by atoms with Crippen LogP contribution in [0.2, 0.25) is 0 Å². The zero-order valence-electron chi connectivity index (χ0n) is 9.16. The van der Waals surface area contributed by atoms with Gasteiger partial charge in [-0.25, -0.2) is 0 Å². The molecule has 0 atom stereocenters. The Balaban J connectivity index is 2.66. The van der Waals surface area contributed by atoms with Gasteiger partial charge in [0.25, 0.3) is 0 Å². The van der Waals surface area contributed by atoms with Gasteiger partial charge in [0, 0.05) is 16.5 Å². The number of methoxy groups -OCH3 is 1. The number of ether oxygens (including phenoxy) is 1. The van der Waals surface area contributed by atoms with Crippen LogP contribution < -0.4 is 4.74 Å². The SMILES string of the molecule is CCCc1ncc(OC)c2ccccc12. The standard InChI is InChI=1S/C13H15NO/c1-3-6-12-10-7-4-5-8-11(10)13(15-2)9-14-12/h4-5,7-9H,3,6H2,1-2H3. The Morgan fingerprint density at radius 3 is 2.60 bits per heavy atom. The number of hydrogen-bond acceptors (Lipinski definition) is 2. The molecule has 1 aromatic heterocycles. The number of pyridine rings is 1. The van der Waals surface area contributed by atoms with Crippen molar-refractivity contribution in [2.45, 2.75) is 19.8 Å². The highest BCUT2D eigenvalue weighted by Crippen LogP contribution is 2.26. The molecule has 0 unspecified atom stereocenters. The number of rotatable bonds is 3. The van der Waals surface area contributed by atoms with Crippen molar-refractivity contribution in [2.24, 2.45) is 0 Å². The molecule has 15 heavy (non-hydrogen) atoms. The summed E-state index contributed by atoms with van der Waals surface area (Å²) in [6, 6.07) is 8.26. The maximum absolute atomic E-state index is 5.30. The predicted octanol–water partition coefficient (Wildman–Crippen LogP) is 3.20. The molecule has 0 aliphatic rings. The van der Waals surface area contributed by atoms with Crippen molar-refractivity contribution in [1.82, 2.24) is 4.98 Å². The highest BCUT2D eigenvalue weighted by atomic mass is 16.5. The quantitative estimate of drug-likeness (QED) is 0.760. The van der Waals surface area contributed by atoms with Gasteiger partial charge < -0.3 is 4.74 Å². The Morgan fingerprint density at radius 2 is 1.93 bits per heavy atom. The van der Waals surface area contributed by atoms with Crippen molar-refractivity contribution >= 4 is 10.8 Å². The van der Waals surface area contributed by atoms with Gasteiger partial charge in [0.05, 0.1) is 13.3 Å². The first-order chi connectivity index (χ1) is 7.36. The molecule has 0 radical (unpaired) electrons. The minimum absolute atomic E-state index is 0.852. The second-order valence-corrected chi connectivity index (χ2v) is 3.57. The van der Waals surface area contributed by atoms with Crippen LogP contribution in [-0.2, 0) is 6.42 Å². The third kappa shape index (κ3) is 1.80. The molecule has 0 saturated carbocycles. The first-order valence-electron chi connectivity index (χ1n) is 5.27. The fourth-order valence-corrected chi connectivity index (χ4v) is 1.82. The van der Waals surface area contributed by atoms with Crippen molar-refractivity contribution < 1.29 is 4.74 Å². The largest absolute Gasteiger partial charge is 0.494 e. The van der Waals surface area contributed by atoms with Crippen molar-refractivity contribution in [3.8, 4) is 5.75 Å². The van der Waals surface area contributed by atoms with E-state index in [-0.39, 0.29) is 0 Å². The smallest absolute Gasteiger partial charge is 0.144 e. The Kier molecular flexibility index (Phi) is 2.86. The van der Waals surface area contributed by atoms with Crippen LogP contribution in [0.5, 0.6) is 5.75 Å². The van der Waals surface area contributed by atoms with E-state index in [1.165, 1.54) is 5.39 Å². The summed E-state index contributed by atoms with van der Waals surface area (Å²) in [5.74, 6) is 0.852. The second kappa shape index (κ2) is 4.30. The van der Waals surface area contributed by atoms with Crippen LogP contribution in [0.15, 0.2) is 30.5 Å². The summed E-state index contributed by atoms with van der Waals surface area (Å²) in [6.07, 6.45) is 3.95. The summed E-state index contributed by atoms with van der Waals surface area (Å²) < 4.78 is 5.30.